The third kappa shape index (κ3) is 5.06. The summed E-state index contributed by atoms with van der Waals surface area (Å²) in [4.78, 5) is 0. The fourth-order valence-electron chi connectivity index (χ4n) is 7.61. The second kappa shape index (κ2) is 12.1. The lowest BCUT2D eigenvalue weighted by Crippen LogP contribution is -2.40. The smallest absolute Gasteiger partial charge is 0.201 e. The standard InChI is InChI=1S/C36H38O7S2/c1-18-8-9-19-14-25-30(21-11-10-20(37)15-23(19)21)26(40-2)17-27-31(25)32-29(45-44-13-12-18)7-5-6-22-24(36(43-27)34(32)39)16-28(41-3)33(38)35(22)42-4/h10-11,15-19,29,32,34,36-39H,6,8-9,12-14H2,1-4H3. The zero-order chi connectivity index (χ0) is 31.4. The number of phenolic OH excluding ortho intramolecular Hbond substituents is 2. The van der Waals surface area contributed by atoms with Gasteiger partial charge in [0.15, 0.2) is 17.6 Å². The summed E-state index contributed by atoms with van der Waals surface area (Å²) in [5, 5.41) is 33.7. The van der Waals surface area contributed by atoms with Gasteiger partial charge in [-0.3, -0.25) is 0 Å². The Hall–Kier alpha value is -3.32. The van der Waals surface area contributed by atoms with Crippen LogP contribution in [0.2, 0.25) is 0 Å². The Balaban J connectivity index is 1.51. The molecule has 4 aliphatic rings. The van der Waals surface area contributed by atoms with E-state index in [4.69, 9.17) is 18.9 Å². The third-order valence-corrected chi connectivity index (χ3v) is 12.6. The number of benzene rings is 3. The van der Waals surface area contributed by atoms with Gasteiger partial charge in [0.25, 0.3) is 0 Å². The highest BCUT2D eigenvalue weighted by atomic mass is 33.1. The first-order chi connectivity index (χ1) is 21.8. The maximum absolute atomic E-state index is 12.4. The molecule has 3 aromatic rings. The number of methoxy groups -OCH3 is 3. The van der Waals surface area contributed by atoms with Crippen LogP contribution in [0.15, 0.2) is 30.3 Å². The molecule has 7 nitrogen and oxygen atoms in total. The van der Waals surface area contributed by atoms with Crippen LogP contribution in [0.4, 0.5) is 0 Å². The summed E-state index contributed by atoms with van der Waals surface area (Å²) in [7, 11) is 8.24. The van der Waals surface area contributed by atoms with Crippen molar-refractivity contribution in [2.45, 2.75) is 68.3 Å². The van der Waals surface area contributed by atoms with Gasteiger partial charge < -0.3 is 34.3 Å². The highest BCUT2D eigenvalue weighted by Crippen LogP contribution is 2.58. The Morgan fingerprint density at radius 2 is 1.76 bits per heavy atom. The highest BCUT2D eigenvalue weighted by Gasteiger charge is 2.47. The lowest BCUT2D eigenvalue weighted by Gasteiger charge is -2.42. The number of aliphatic hydroxyl groups excluding tert-OH is 1. The van der Waals surface area contributed by atoms with E-state index in [2.05, 4.69) is 18.8 Å². The number of hydrogen-bond acceptors (Lipinski definition) is 9. The predicted molar refractivity (Wildman–Crippen MR) is 178 cm³/mol. The zero-order valence-corrected chi connectivity index (χ0v) is 27.5. The molecule has 236 valence electrons. The Bertz CT molecular complexity index is 1710. The molecule has 6 atom stereocenters. The van der Waals surface area contributed by atoms with Crippen molar-refractivity contribution in [3.8, 4) is 57.5 Å². The van der Waals surface area contributed by atoms with E-state index in [1.807, 2.05) is 29.0 Å². The van der Waals surface area contributed by atoms with Crippen LogP contribution >= 0.6 is 21.6 Å². The lowest BCUT2D eigenvalue weighted by atomic mass is 9.70. The molecule has 0 saturated carbocycles. The van der Waals surface area contributed by atoms with Gasteiger partial charge in [0.2, 0.25) is 5.75 Å². The van der Waals surface area contributed by atoms with Crippen molar-refractivity contribution in [2.75, 3.05) is 27.1 Å². The van der Waals surface area contributed by atoms with E-state index in [0.29, 0.717) is 35.0 Å². The lowest BCUT2D eigenvalue weighted by molar-refractivity contribution is 0.000945. The maximum atomic E-state index is 12.4. The predicted octanol–water partition coefficient (Wildman–Crippen LogP) is 7.14. The average Bonchev–Trinajstić information content (AvgIpc) is 3.07. The van der Waals surface area contributed by atoms with Crippen molar-refractivity contribution in [2.24, 2.45) is 5.92 Å². The fraction of sp³-hybridized carbons (Fsp3) is 0.444. The monoisotopic (exact) mass is 646 g/mol. The van der Waals surface area contributed by atoms with Crippen LogP contribution in [0.25, 0.3) is 11.1 Å². The Morgan fingerprint density at radius 1 is 0.933 bits per heavy atom. The van der Waals surface area contributed by atoms with Gasteiger partial charge >= 0.3 is 0 Å². The molecule has 4 bridgehead atoms. The Morgan fingerprint density at radius 3 is 2.53 bits per heavy atom. The van der Waals surface area contributed by atoms with Crippen LogP contribution in [0.5, 0.6) is 34.5 Å². The summed E-state index contributed by atoms with van der Waals surface area (Å²) >= 11 is 0. The molecule has 0 spiro atoms. The molecule has 0 radical (unpaired) electrons. The van der Waals surface area contributed by atoms with E-state index >= 15 is 0 Å². The fourth-order valence-corrected chi connectivity index (χ4v) is 10.4. The van der Waals surface area contributed by atoms with Gasteiger partial charge in [-0.2, -0.15) is 0 Å². The molecule has 2 aliphatic heterocycles. The molecular formula is C36H38O7S2. The van der Waals surface area contributed by atoms with Gasteiger partial charge in [0.1, 0.15) is 23.4 Å². The van der Waals surface area contributed by atoms with Crippen molar-refractivity contribution in [1.29, 1.82) is 0 Å². The molecule has 7 rings (SSSR count). The van der Waals surface area contributed by atoms with E-state index in [1.54, 1.807) is 30.0 Å². The second-order valence-electron chi connectivity index (χ2n) is 12.4. The third-order valence-electron chi connectivity index (χ3n) is 9.88. The summed E-state index contributed by atoms with van der Waals surface area (Å²) in [5.41, 5.74) is 6.66. The first-order valence-electron chi connectivity index (χ1n) is 15.5. The molecule has 0 aromatic heterocycles. The van der Waals surface area contributed by atoms with Crippen molar-refractivity contribution in [3.05, 3.63) is 58.1 Å². The first-order valence-corrected chi connectivity index (χ1v) is 17.9. The number of rotatable bonds is 3. The average molecular weight is 647 g/mol. The second-order valence-corrected chi connectivity index (χ2v) is 15.0. The molecule has 6 unspecified atom stereocenters. The van der Waals surface area contributed by atoms with Crippen molar-refractivity contribution in [1.82, 2.24) is 0 Å². The van der Waals surface area contributed by atoms with Crippen molar-refractivity contribution in [3.63, 3.8) is 0 Å². The summed E-state index contributed by atoms with van der Waals surface area (Å²) < 4.78 is 24.1. The minimum absolute atomic E-state index is 0.0985. The first kappa shape index (κ1) is 30.3. The molecule has 2 aliphatic carbocycles. The number of aromatic hydroxyl groups is 2. The quantitative estimate of drug-likeness (QED) is 0.203. The largest absolute Gasteiger partial charge is 0.508 e. The highest BCUT2D eigenvalue weighted by molar-refractivity contribution is 8.77. The molecule has 0 saturated heterocycles. The molecule has 45 heavy (non-hydrogen) atoms. The Kier molecular flexibility index (Phi) is 8.18. The normalized spacial score (nSPS) is 26.4. The van der Waals surface area contributed by atoms with E-state index in [1.165, 1.54) is 14.2 Å². The summed E-state index contributed by atoms with van der Waals surface area (Å²) in [5.74, 6) is 10.4. The van der Waals surface area contributed by atoms with Gasteiger partial charge in [-0.1, -0.05) is 52.8 Å². The molecular weight excluding hydrogens is 609 g/mol. The van der Waals surface area contributed by atoms with Crippen LogP contribution in [-0.2, 0) is 12.8 Å². The number of ether oxygens (including phenoxy) is 4. The topological polar surface area (TPSA) is 97.6 Å². The molecule has 0 fully saturated rings. The van der Waals surface area contributed by atoms with Crippen molar-refractivity contribution >= 4 is 21.6 Å². The van der Waals surface area contributed by atoms with Gasteiger partial charge in [0, 0.05) is 46.4 Å². The molecule has 2 heterocycles. The van der Waals surface area contributed by atoms with Crippen molar-refractivity contribution < 1.29 is 34.3 Å². The van der Waals surface area contributed by atoms with Crippen LogP contribution < -0.4 is 18.9 Å². The number of fused-ring (bicyclic) bond motifs is 7. The minimum Gasteiger partial charge on any atom is -0.508 e. The molecule has 9 heteroatoms. The maximum Gasteiger partial charge on any atom is 0.201 e. The number of phenols is 2. The molecule has 3 N–H and O–H groups in total. The number of hydrogen-bond donors (Lipinski definition) is 3. The Labute approximate surface area is 272 Å². The summed E-state index contributed by atoms with van der Waals surface area (Å²) in [6, 6.07) is 9.35. The van der Waals surface area contributed by atoms with E-state index < -0.39 is 12.2 Å². The zero-order valence-electron chi connectivity index (χ0n) is 25.9. The summed E-state index contributed by atoms with van der Waals surface area (Å²) in [6.45, 7) is 2.32. The van der Waals surface area contributed by atoms with E-state index in [-0.39, 0.29) is 40.1 Å². The van der Waals surface area contributed by atoms with Gasteiger partial charge in [-0.05, 0) is 66.0 Å². The van der Waals surface area contributed by atoms with Crippen LogP contribution in [0.1, 0.15) is 71.9 Å². The minimum atomic E-state index is -0.943. The van der Waals surface area contributed by atoms with E-state index in [0.717, 1.165) is 59.3 Å². The molecule has 0 amide bonds. The van der Waals surface area contributed by atoms with E-state index in [9.17, 15) is 15.3 Å². The molecule has 3 aromatic carbocycles. The van der Waals surface area contributed by atoms with Gasteiger partial charge in [-0.25, -0.2) is 0 Å². The van der Waals surface area contributed by atoms with Gasteiger partial charge in [0.05, 0.1) is 26.6 Å². The SMILES string of the molecule is COc1cc2c(c(OC)c1O)CC#CC1SSCCC(C)CCC3Cc4c(c(OC)cc5c4C1C(O)C2O5)-c1ccc(O)cc13. The van der Waals surface area contributed by atoms with Crippen LogP contribution in [0, 0.1) is 17.8 Å². The van der Waals surface area contributed by atoms with Crippen LogP contribution in [0.3, 0.4) is 0 Å². The summed E-state index contributed by atoms with van der Waals surface area (Å²) in [6.07, 6.45) is 2.55. The number of aliphatic hydroxyl groups is 1. The van der Waals surface area contributed by atoms with Crippen LogP contribution in [-0.4, -0.2) is 53.8 Å². The van der Waals surface area contributed by atoms with Gasteiger partial charge in [-0.15, -0.1) is 0 Å².